The molecule has 0 heterocycles. The van der Waals surface area contributed by atoms with E-state index < -0.39 is 21.6 Å². The molecule has 1 rings (SSSR count). The second-order valence-corrected chi connectivity index (χ2v) is 6.72. The summed E-state index contributed by atoms with van der Waals surface area (Å²) in [4.78, 5) is 10.9. The molecular weight excluding hydrogens is 296 g/mol. The summed E-state index contributed by atoms with van der Waals surface area (Å²) in [6, 6.07) is 3.54. The first-order valence-electron chi connectivity index (χ1n) is 6.43. The Hall–Kier alpha value is -1.64. The molecule has 1 atom stereocenters. The first kappa shape index (κ1) is 17.4. The Labute approximate surface area is 123 Å². The third-order valence-corrected chi connectivity index (χ3v) is 3.91. The molecule has 0 spiro atoms. The molecule has 0 aliphatic heterocycles. The number of primary sulfonamides is 1. The molecule has 21 heavy (non-hydrogen) atoms. The number of carboxylic acid groups (broad SMARTS) is 1. The maximum atomic E-state index is 11.2. The van der Waals surface area contributed by atoms with Crippen LogP contribution in [0.5, 0.6) is 0 Å². The van der Waals surface area contributed by atoms with E-state index in [1.165, 1.54) is 12.1 Å². The molecule has 8 heteroatoms. The zero-order valence-corrected chi connectivity index (χ0v) is 12.8. The average molecular weight is 316 g/mol. The molecule has 0 saturated carbocycles. The lowest BCUT2D eigenvalue weighted by Gasteiger charge is -2.24. The predicted octanol–water partition coefficient (Wildman–Crippen LogP) is 0.995. The molecule has 0 bridgehead atoms. The number of rotatable bonds is 7. The number of sulfonamides is 1. The highest BCUT2D eigenvalue weighted by Crippen LogP contribution is 2.21. The normalized spacial score (nSPS) is 14.5. The van der Waals surface area contributed by atoms with Crippen molar-refractivity contribution in [3.05, 3.63) is 23.8 Å². The fraction of sp³-hybridized carbons (Fsp3) is 0.462. The minimum absolute atomic E-state index is 0.149. The zero-order valence-electron chi connectivity index (χ0n) is 12.0. The van der Waals surface area contributed by atoms with Crippen LogP contribution in [-0.4, -0.2) is 36.7 Å². The van der Waals surface area contributed by atoms with Gasteiger partial charge >= 0.3 is 5.97 Å². The molecule has 118 valence electrons. The highest BCUT2D eigenvalue weighted by Gasteiger charge is 2.21. The van der Waals surface area contributed by atoms with Crippen molar-refractivity contribution < 1.29 is 23.4 Å². The Bertz CT molecular complexity index is 625. The van der Waals surface area contributed by atoms with Crippen LogP contribution in [0.4, 0.5) is 5.69 Å². The molecular formula is C13H20N2O5S. The van der Waals surface area contributed by atoms with Crippen LogP contribution in [-0.2, 0) is 10.0 Å². The van der Waals surface area contributed by atoms with E-state index in [4.69, 9.17) is 10.2 Å². The monoisotopic (exact) mass is 316 g/mol. The summed E-state index contributed by atoms with van der Waals surface area (Å²) in [5.41, 5.74) is -0.969. The summed E-state index contributed by atoms with van der Waals surface area (Å²) in [6.45, 7) is 3.72. The van der Waals surface area contributed by atoms with Crippen molar-refractivity contribution in [2.75, 3.05) is 11.9 Å². The molecule has 0 radical (unpaired) electrons. The number of hydrogen-bond donors (Lipinski definition) is 4. The Balaban J connectivity index is 3.06. The number of carboxylic acids is 1. The molecule has 0 fully saturated rings. The number of anilines is 1. The van der Waals surface area contributed by atoms with Crippen LogP contribution in [0.2, 0.25) is 0 Å². The smallest absolute Gasteiger partial charge is 0.337 e. The highest BCUT2D eigenvalue weighted by molar-refractivity contribution is 7.89. The fourth-order valence-corrected chi connectivity index (χ4v) is 2.48. The van der Waals surface area contributed by atoms with Crippen LogP contribution in [0.3, 0.4) is 0 Å². The van der Waals surface area contributed by atoms with Crippen LogP contribution in [0.25, 0.3) is 0 Å². The maximum Gasteiger partial charge on any atom is 0.337 e. The van der Waals surface area contributed by atoms with Gasteiger partial charge in [-0.25, -0.2) is 18.4 Å². The number of carbonyl (C=O) groups is 1. The molecule has 0 aliphatic carbocycles. The summed E-state index contributed by atoms with van der Waals surface area (Å²) < 4.78 is 22.5. The molecule has 1 unspecified atom stereocenters. The molecule has 7 nitrogen and oxygen atoms in total. The third kappa shape index (κ3) is 5.00. The fourth-order valence-electron chi connectivity index (χ4n) is 1.94. The number of nitrogens with one attached hydrogen (secondary N) is 1. The Morgan fingerprint density at radius 3 is 2.52 bits per heavy atom. The summed E-state index contributed by atoms with van der Waals surface area (Å²) in [6.07, 6.45) is 1.34. The summed E-state index contributed by atoms with van der Waals surface area (Å²) in [7, 11) is -3.97. The van der Waals surface area contributed by atoms with Crippen molar-refractivity contribution in [2.45, 2.75) is 37.2 Å². The van der Waals surface area contributed by atoms with Gasteiger partial charge in [-0.15, -0.1) is 0 Å². The number of nitrogens with two attached hydrogens (primary N) is 1. The van der Waals surface area contributed by atoms with Crippen molar-refractivity contribution >= 4 is 21.7 Å². The lowest BCUT2D eigenvalue weighted by molar-refractivity contribution is 0.0630. The molecule has 1 aromatic carbocycles. The Kier molecular flexibility index (Phi) is 5.32. The van der Waals surface area contributed by atoms with Gasteiger partial charge in [0.25, 0.3) is 0 Å². The SMILES string of the molecule is CCCC(C)(O)CNc1ccc(S(N)(=O)=O)cc1C(=O)O. The Morgan fingerprint density at radius 1 is 1.43 bits per heavy atom. The van der Waals surface area contributed by atoms with Gasteiger partial charge in [-0.2, -0.15) is 0 Å². The van der Waals surface area contributed by atoms with Gasteiger partial charge in [-0.1, -0.05) is 13.3 Å². The van der Waals surface area contributed by atoms with Crippen LogP contribution in [0.1, 0.15) is 37.0 Å². The number of hydrogen-bond acceptors (Lipinski definition) is 5. The minimum atomic E-state index is -3.97. The lowest BCUT2D eigenvalue weighted by Crippen LogP contribution is -2.33. The largest absolute Gasteiger partial charge is 0.478 e. The summed E-state index contributed by atoms with van der Waals surface area (Å²) in [5.74, 6) is -1.28. The molecule has 0 amide bonds. The van der Waals surface area contributed by atoms with Crippen molar-refractivity contribution in [2.24, 2.45) is 5.14 Å². The second-order valence-electron chi connectivity index (χ2n) is 5.16. The number of aromatic carboxylic acids is 1. The first-order chi connectivity index (χ1) is 9.57. The Morgan fingerprint density at radius 2 is 2.05 bits per heavy atom. The van der Waals surface area contributed by atoms with Gasteiger partial charge in [0.15, 0.2) is 0 Å². The topological polar surface area (TPSA) is 130 Å². The second kappa shape index (κ2) is 6.42. The van der Waals surface area contributed by atoms with Gasteiger partial charge in [-0.3, -0.25) is 0 Å². The molecule has 0 aliphatic rings. The van der Waals surface area contributed by atoms with E-state index >= 15 is 0 Å². The van der Waals surface area contributed by atoms with Gasteiger partial charge in [0.2, 0.25) is 10.0 Å². The van der Waals surface area contributed by atoms with E-state index in [1.807, 2.05) is 6.92 Å². The summed E-state index contributed by atoms with van der Waals surface area (Å²) >= 11 is 0. The molecule has 1 aromatic rings. The molecule has 0 saturated heterocycles. The minimum Gasteiger partial charge on any atom is -0.478 e. The van der Waals surface area contributed by atoms with Gasteiger partial charge in [-0.05, 0) is 31.5 Å². The quantitative estimate of drug-likeness (QED) is 0.593. The van der Waals surface area contributed by atoms with Gasteiger partial charge in [0.1, 0.15) is 0 Å². The van der Waals surface area contributed by atoms with E-state index in [2.05, 4.69) is 5.32 Å². The van der Waals surface area contributed by atoms with E-state index in [-0.39, 0.29) is 22.7 Å². The van der Waals surface area contributed by atoms with Crippen molar-refractivity contribution in [1.29, 1.82) is 0 Å². The number of benzene rings is 1. The van der Waals surface area contributed by atoms with Crippen molar-refractivity contribution in [3.63, 3.8) is 0 Å². The number of aliphatic hydroxyl groups is 1. The molecule has 0 aromatic heterocycles. The molecule has 5 N–H and O–H groups in total. The zero-order chi connectivity index (χ0) is 16.3. The van der Waals surface area contributed by atoms with E-state index in [9.17, 15) is 18.3 Å². The standard InChI is InChI=1S/C13H20N2O5S/c1-3-6-13(2,18)8-15-11-5-4-9(21(14,19)20)7-10(11)12(16)17/h4-5,7,15,18H,3,6,8H2,1-2H3,(H,16,17)(H2,14,19,20). The van der Waals surface area contributed by atoms with Gasteiger partial charge < -0.3 is 15.5 Å². The van der Waals surface area contributed by atoms with E-state index in [0.717, 1.165) is 12.5 Å². The van der Waals surface area contributed by atoms with Crippen LogP contribution in [0, 0.1) is 0 Å². The van der Waals surface area contributed by atoms with Crippen molar-refractivity contribution in [1.82, 2.24) is 0 Å². The summed E-state index contributed by atoms with van der Waals surface area (Å²) in [5, 5.41) is 27.0. The first-order valence-corrected chi connectivity index (χ1v) is 7.98. The van der Waals surface area contributed by atoms with Gasteiger partial charge in [0.05, 0.1) is 16.1 Å². The van der Waals surface area contributed by atoms with Gasteiger partial charge in [0, 0.05) is 12.2 Å². The van der Waals surface area contributed by atoms with E-state index in [0.29, 0.717) is 6.42 Å². The van der Waals surface area contributed by atoms with Crippen LogP contribution >= 0.6 is 0 Å². The van der Waals surface area contributed by atoms with E-state index in [1.54, 1.807) is 6.92 Å². The average Bonchev–Trinajstić information content (AvgIpc) is 2.35. The van der Waals surface area contributed by atoms with Crippen LogP contribution < -0.4 is 10.5 Å². The highest BCUT2D eigenvalue weighted by atomic mass is 32.2. The van der Waals surface area contributed by atoms with Crippen LogP contribution in [0.15, 0.2) is 23.1 Å². The van der Waals surface area contributed by atoms with Crippen molar-refractivity contribution in [3.8, 4) is 0 Å². The maximum absolute atomic E-state index is 11.2. The predicted molar refractivity (Wildman–Crippen MR) is 78.8 cm³/mol. The lowest BCUT2D eigenvalue weighted by atomic mass is 10.0. The third-order valence-electron chi connectivity index (χ3n) is 3.00.